The molecule has 0 aliphatic carbocycles. The molecule has 2 nitrogen and oxygen atoms in total. The molecule has 0 unspecified atom stereocenters. The van der Waals surface area contributed by atoms with Crippen molar-refractivity contribution < 1.29 is 4.74 Å². The summed E-state index contributed by atoms with van der Waals surface area (Å²) >= 11 is 5.92. The number of rotatable bonds is 2. The van der Waals surface area contributed by atoms with Crippen LogP contribution in [0, 0.1) is 0 Å². The molecule has 0 saturated heterocycles. The number of benzene rings is 1. The predicted octanol–water partition coefficient (Wildman–Crippen LogP) is 3.56. The van der Waals surface area contributed by atoms with Gasteiger partial charge in [-0.25, -0.2) is 4.98 Å². The molecule has 88 valence electrons. The van der Waals surface area contributed by atoms with E-state index in [2.05, 4.69) is 41.2 Å². The highest BCUT2D eigenvalue weighted by molar-refractivity contribution is 7.79. The quantitative estimate of drug-likeness (QED) is 0.837. The van der Waals surface area contributed by atoms with Crippen LogP contribution in [0.5, 0.6) is 5.75 Å². The third-order valence-electron chi connectivity index (χ3n) is 2.87. The monoisotopic (exact) mass is 263 g/mol. The van der Waals surface area contributed by atoms with Crippen LogP contribution < -0.4 is 4.74 Å². The summed E-state index contributed by atoms with van der Waals surface area (Å²) in [5.41, 5.74) is 3.53. The topological polar surface area (TPSA) is 22.1 Å². The summed E-state index contributed by atoms with van der Waals surface area (Å²) in [5.74, 6) is 1.73. The standard InChI is InChI=1S/C13H13NOS2/c16-7-11-8-17-13(14-11)10-3-4-12-9(6-10)2-1-5-15-12/h3-4,6,8,16H,1-2,5,7H2. The second kappa shape index (κ2) is 4.70. The minimum atomic E-state index is 0.699. The van der Waals surface area contributed by atoms with Crippen LogP contribution in [0.25, 0.3) is 10.6 Å². The molecule has 0 N–H and O–H groups in total. The highest BCUT2D eigenvalue weighted by atomic mass is 32.1. The van der Waals surface area contributed by atoms with Gasteiger partial charge in [-0.05, 0) is 36.6 Å². The highest BCUT2D eigenvalue weighted by Gasteiger charge is 2.12. The van der Waals surface area contributed by atoms with Gasteiger partial charge in [0.2, 0.25) is 0 Å². The molecule has 17 heavy (non-hydrogen) atoms. The van der Waals surface area contributed by atoms with E-state index in [1.54, 1.807) is 11.3 Å². The van der Waals surface area contributed by atoms with E-state index < -0.39 is 0 Å². The van der Waals surface area contributed by atoms with Crippen molar-refractivity contribution in [2.24, 2.45) is 0 Å². The first-order valence-electron chi connectivity index (χ1n) is 5.68. The molecule has 1 aliphatic heterocycles. The average molecular weight is 263 g/mol. The number of hydrogen-bond donors (Lipinski definition) is 1. The number of fused-ring (bicyclic) bond motifs is 1. The third kappa shape index (κ3) is 2.19. The molecule has 4 heteroatoms. The Morgan fingerprint density at radius 2 is 2.35 bits per heavy atom. The largest absolute Gasteiger partial charge is 0.493 e. The number of hydrogen-bond acceptors (Lipinski definition) is 4. The third-order valence-corrected chi connectivity index (χ3v) is 4.13. The normalized spacial score (nSPS) is 14.2. The number of ether oxygens (including phenoxy) is 1. The van der Waals surface area contributed by atoms with Gasteiger partial charge in [0.15, 0.2) is 0 Å². The van der Waals surface area contributed by atoms with E-state index in [-0.39, 0.29) is 0 Å². The Hall–Kier alpha value is -1.00. The van der Waals surface area contributed by atoms with Crippen LogP contribution in [0.15, 0.2) is 23.6 Å². The first-order chi connectivity index (χ1) is 8.36. The van der Waals surface area contributed by atoms with Crippen molar-refractivity contribution >= 4 is 24.0 Å². The fourth-order valence-electron chi connectivity index (χ4n) is 2.01. The van der Waals surface area contributed by atoms with Gasteiger partial charge in [0.25, 0.3) is 0 Å². The molecule has 0 radical (unpaired) electrons. The number of thiazole rings is 1. The van der Waals surface area contributed by atoms with Crippen LogP contribution in [0.1, 0.15) is 17.7 Å². The van der Waals surface area contributed by atoms with E-state index >= 15 is 0 Å². The van der Waals surface area contributed by atoms with Gasteiger partial charge in [-0.15, -0.1) is 11.3 Å². The minimum Gasteiger partial charge on any atom is -0.493 e. The molecule has 0 amide bonds. The highest BCUT2D eigenvalue weighted by Crippen LogP contribution is 2.31. The van der Waals surface area contributed by atoms with Crippen molar-refractivity contribution in [1.82, 2.24) is 4.98 Å². The Morgan fingerprint density at radius 3 is 3.18 bits per heavy atom. The summed E-state index contributed by atoms with van der Waals surface area (Å²) in [7, 11) is 0. The molecule has 3 rings (SSSR count). The molecule has 2 aromatic rings. The lowest BCUT2D eigenvalue weighted by Gasteiger charge is -2.17. The molecule has 0 spiro atoms. The zero-order valence-electron chi connectivity index (χ0n) is 9.35. The van der Waals surface area contributed by atoms with Gasteiger partial charge in [-0.2, -0.15) is 12.6 Å². The van der Waals surface area contributed by atoms with Gasteiger partial charge in [0.05, 0.1) is 12.3 Å². The minimum absolute atomic E-state index is 0.699. The zero-order chi connectivity index (χ0) is 11.7. The van der Waals surface area contributed by atoms with Crippen LogP contribution in [0.3, 0.4) is 0 Å². The van der Waals surface area contributed by atoms with Gasteiger partial charge in [0.1, 0.15) is 10.8 Å². The molecule has 0 atom stereocenters. The van der Waals surface area contributed by atoms with Crippen molar-refractivity contribution in [3.05, 3.63) is 34.8 Å². The summed E-state index contributed by atoms with van der Waals surface area (Å²) in [6.45, 7) is 0.841. The van der Waals surface area contributed by atoms with E-state index in [0.717, 1.165) is 35.9 Å². The van der Waals surface area contributed by atoms with Crippen LogP contribution in [0.2, 0.25) is 0 Å². The maximum Gasteiger partial charge on any atom is 0.123 e. The van der Waals surface area contributed by atoms with Gasteiger partial charge < -0.3 is 4.74 Å². The Kier molecular flexibility index (Phi) is 3.07. The van der Waals surface area contributed by atoms with Gasteiger partial charge in [-0.3, -0.25) is 0 Å². The van der Waals surface area contributed by atoms with Gasteiger partial charge >= 0.3 is 0 Å². The fraction of sp³-hybridized carbons (Fsp3) is 0.308. The Morgan fingerprint density at radius 1 is 1.41 bits per heavy atom. The van der Waals surface area contributed by atoms with Crippen LogP contribution >= 0.6 is 24.0 Å². The maximum atomic E-state index is 5.61. The molecule has 1 aromatic heterocycles. The number of nitrogens with zero attached hydrogens (tertiary/aromatic N) is 1. The van der Waals surface area contributed by atoms with Crippen molar-refractivity contribution in [2.45, 2.75) is 18.6 Å². The van der Waals surface area contributed by atoms with Crippen LogP contribution in [-0.2, 0) is 12.2 Å². The molecule has 2 heterocycles. The van der Waals surface area contributed by atoms with Crippen LogP contribution in [-0.4, -0.2) is 11.6 Å². The Labute approximate surface area is 110 Å². The molecular formula is C13H13NOS2. The number of thiol groups is 1. The SMILES string of the molecule is SCc1csc(-c2ccc3c(c2)CCCO3)n1. The van der Waals surface area contributed by atoms with Crippen molar-refractivity contribution in [2.75, 3.05) is 6.61 Å². The Bertz CT molecular complexity index is 536. The van der Waals surface area contributed by atoms with E-state index in [1.807, 2.05) is 0 Å². The number of aryl methyl sites for hydroxylation is 1. The van der Waals surface area contributed by atoms with Crippen LogP contribution in [0.4, 0.5) is 0 Å². The zero-order valence-corrected chi connectivity index (χ0v) is 11.1. The first kappa shape index (κ1) is 11.1. The second-order valence-electron chi connectivity index (χ2n) is 4.08. The smallest absolute Gasteiger partial charge is 0.123 e. The lowest BCUT2D eigenvalue weighted by atomic mass is 10.0. The van der Waals surface area contributed by atoms with E-state index in [9.17, 15) is 0 Å². The maximum absolute atomic E-state index is 5.61. The summed E-state index contributed by atoms with van der Waals surface area (Å²) in [6, 6.07) is 6.35. The average Bonchev–Trinajstić information content (AvgIpc) is 2.87. The molecule has 1 aromatic carbocycles. The molecule has 0 bridgehead atoms. The summed E-state index contributed by atoms with van der Waals surface area (Å²) in [6.07, 6.45) is 2.21. The number of aromatic nitrogens is 1. The van der Waals surface area contributed by atoms with Crippen molar-refractivity contribution in [3.8, 4) is 16.3 Å². The Balaban J connectivity index is 1.97. The summed E-state index contributed by atoms with van der Waals surface area (Å²) in [5, 5.41) is 3.14. The fourth-order valence-corrected chi connectivity index (χ4v) is 3.11. The van der Waals surface area contributed by atoms with Gasteiger partial charge in [0, 0.05) is 16.7 Å². The van der Waals surface area contributed by atoms with E-state index in [4.69, 9.17) is 4.74 Å². The van der Waals surface area contributed by atoms with Crippen molar-refractivity contribution in [1.29, 1.82) is 0 Å². The molecule has 1 aliphatic rings. The summed E-state index contributed by atoms with van der Waals surface area (Å²) in [4.78, 5) is 4.55. The first-order valence-corrected chi connectivity index (χ1v) is 7.19. The predicted molar refractivity (Wildman–Crippen MR) is 74.1 cm³/mol. The lowest BCUT2D eigenvalue weighted by molar-refractivity contribution is 0.288. The molecule has 0 saturated carbocycles. The summed E-state index contributed by atoms with van der Waals surface area (Å²) < 4.78 is 5.61. The van der Waals surface area contributed by atoms with E-state index in [1.165, 1.54) is 11.1 Å². The lowest BCUT2D eigenvalue weighted by Crippen LogP contribution is -2.07. The molecule has 0 fully saturated rings. The van der Waals surface area contributed by atoms with Crippen molar-refractivity contribution in [3.63, 3.8) is 0 Å². The molecular weight excluding hydrogens is 250 g/mol. The van der Waals surface area contributed by atoms with E-state index in [0.29, 0.717) is 5.75 Å². The van der Waals surface area contributed by atoms with Gasteiger partial charge in [-0.1, -0.05) is 0 Å². The second-order valence-corrected chi connectivity index (χ2v) is 5.25.